The molecule has 0 saturated carbocycles. The van der Waals surface area contributed by atoms with Crippen LogP contribution in [0.3, 0.4) is 0 Å². The van der Waals surface area contributed by atoms with Crippen molar-refractivity contribution in [1.29, 1.82) is 0 Å². The molecule has 1 heterocycles. The smallest absolute Gasteiger partial charge is 0.239 e. The Bertz CT molecular complexity index is 308. The van der Waals surface area contributed by atoms with Crippen LogP contribution in [0, 0.1) is 0 Å². The third-order valence-corrected chi connectivity index (χ3v) is 1.72. The van der Waals surface area contributed by atoms with Crippen molar-refractivity contribution in [3.63, 3.8) is 0 Å². The van der Waals surface area contributed by atoms with Gasteiger partial charge in [-0.2, -0.15) is 5.10 Å². The fourth-order valence-electron chi connectivity index (χ4n) is 1.03. The molecule has 0 radical (unpaired) electrons. The maximum atomic E-state index is 10.6. The van der Waals surface area contributed by atoms with Crippen molar-refractivity contribution in [3.05, 3.63) is 12.4 Å². The number of hydrogen-bond donors (Lipinski definition) is 3. The average molecular weight is 197 g/mol. The number of amides is 1. The number of nitrogens with one attached hydrogen (secondary N) is 1. The lowest BCUT2D eigenvalue weighted by molar-refractivity contribution is -0.118. The van der Waals surface area contributed by atoms with Gasteiger partial charge in [-0.05, 0) is 6.92 Å². The number of nitrogens with zero attached hydrogens (tertiary/aromatic N) is 2. The van der Waals surface area contributed by atoms with Crippen LogP contribution in [0.1, 0.15) is 6.92 Å². The van der Waals surface area contributed by atoms with Gasteiger partial charge in [-0.1, -0.05) is 0 Å². The van der Waals surface area contributed by atoms with Crippen LogP contribution in [0.4, 0.5) is 5.69 Å². The lowest BCUT2D eigenvalue weighted by Crippen LogP contribution is -2.24. The highest BCUT2D eigenvalue weighted by Gasteiger charge is 2.03. The summed E-state index contributed by atoms with van der Waals surface area (Å²) in [5.74, 6) is -0.411. The Labute approximate surface area is 82.3 Å². The summed E-state index contributed by atoms with van der Waals surface area (Å²) in [7, 11) is 0. The summed E-state index contributed by atoms with van der Waals surface area (Å²) in [6.07, 6.45) is 3.35. The second-order valence-electron chi connectivity index (χ2n) is 3.17. The summed E-state index contributed by atoms with van der Waals surface area (Å²) in [4.78, 5) is 10.6. The van der Waals surface area contributed by atoms with Gasteiger partial charge in [0.1, 0.15) is 6.54 Å². The number of carbonyl (C=O) groups is 1. The van der Waals surface area contributed by atoms with Gasteiger partial charge < -0.3 is 16.8 Å². The Kier molecular flexibility index (Phi) is 3.47. The van der Waals surface area contributed by atoms with Crippen molar-refractivity contribution >= 4 is 11.6 Å². The van der Waals surface area contributed by atoms with E-state index in [9.17, 15) is 4.79 Å². The average Bonchev–Trinajstić information content (AvgIpc) is 2.51. The molecule has 0 aromatic carbocycles. The van der Waals surface area contributed by atoms with Crippen LogP contribution in [0.25, 0.3) is 0 Å². The zero-order chi connectivity index (χ0) is 10.6. The molecule has 0 saturated heterocycles. The predicted molar refractivity (Wildman–Crippen MR) is 53.6 cm³/mol. The van der Waals surface area contributed by atoms with E-state index >= 15 is 0 Å². The molecule has 0 bridgehead atoms. The van der Waals surface area contributed by atoms with Gasteiger partial charge in [0.25, 0.3) is 0 Å². The van der Waals surface area contributed by atoms with Gasteiger partial charge in [0.2, 0.25) is 5.91 Å². The van der Waals surface area contributed by atoms with Gasteiger partial charge in [-0.3, -0.25) is 9.48 Å². The van der Waals surface area contributed by atoms with E-state index in [2.05, 4.69) is 10.4 Å². The van der Waals surface area contributed by atoms with E-state index in [1.807, 2.05) is 6.92 Å². The maximum absolute atomic E-state index is 10.6. The minimum Gasteiger partial charge on any atom is -0.379 e. The summed E-state index contributed by atoms with van der Waals surface area (Å²) in [6.45, 7) is 2.60. The number of anilines is 1. The van der Waals surface area contributed by atoms with Gasteiger partial charge in [-0.15, -0.1) is 0 Å². The number of carbonyl (C=O) groups excluding carboxylic acids is 1. The quantitative estimate of drug-likeness (QED) is 0.571. The van der Waals surface area contributed by atoms with Crippen molar-refractivity contribution in [3.8, 4) is 0 Å². The number of rotatable bonds is 5. The number of aromatic nitrogens is 2. The molecule has 1 atom stereocenters. The second kappa shape index (κ2) is 4.61. The third-order valence-electron chi connectivity index (χ3n) is 1.72. The van der Waals surface area contributed by atoms with Gasteiger partial charge in [0.05, 0.1) is 11.9 Å². The van der Waals surface area contributed by atoms with Crippen LogP contribution >= 0.6 is 0 Å². The molecular formula is C8H15N5O. The zero-order valence-corrected chi connectivity index (χ0v) is 8.10. The molecule has 14 heavy (non-hydrogen) atoms. The standard InChI is InChI=1S/C8H15N5O/c1-6(2-9)12-7-3-11-13(4-7)5-8(10)14/h3-4,6,12H,2,5,9H2,1H3,(H2,10,14). The van der Waals surface area contributed by atoms with Gasteiger partial charge in [0, 0.05) is 18.8 Å². The van der Waals surface area contributed by atoms with Crippen molar-refractivity contribution in [2.75, 3.05) is 11.9 Å². The van der Waals surface area contributed by atoms with Crippen LogP contribution in [0.5, 0.6) is 0 Å². The van der Waals surface area contributed by atoms with E-state index in [0.29, 0.717) is 6.54 Å². The molecule has 6 heteroatoms. The maximum Gasteiger partial charge on any atom is 0.239 e. The molecule has 1 aromatic rings. The molecule has 1 rings (SSSR count). The Morgan fingerprint density at radius 2 is 2.50 bits per heavy atom. The lowest BCUT2D eigenvalue weighted by Gasteiger charge is -2.09. The molecule has 0 aliphatic rings. The van der Waals surface area contributed by atoms with Crippen LogP contribution in [0.2, 0.25) is 0 Å². The first-order valence-electron chi connectivity index (χ1n) is 4.39. The Morgan fingerprint density at radius 3 is 3.07 bits per heavy atom. The van der Waals surface area contributed by atoms with Crippen molar-refractivity contribution in [2.45, 2.75) is 19.5 Å². The van der Waals surface area contributed by atoms with Gasteiger partial charge in [-0.25, -0.2) is 0 Å². The molecule has 0 spiro atoms. The van der Waals surface area contributed by atoms with E-state index in [1.165, 1.54) is 4.68 Å². The summed E-state index contributed by atoms with van der Waals surface area (Å²) >= 11 is 0. The van der Waals surface area contributed by atoms with E-state index in [-0.39, 0.29) is 12.6 Å². The monoisotopic (exact) mass is 197 g/mol. The normalized spacial score (nSPS) is 12.4. The molecule has 78 valence electrons. The number of hydrogen-bond acceptors (Lipinski definition) is 4. The van der Waals surface area contributed by atoms with Crippen molar-refractivity contribution in [1.82, 2.24) is 9.78 Å². The first-order valence-corrected chi connectivity index (χ1v) is 4.39. The predicted octanol–water partition coefficient (Wildman–Crippen LogP) is -0.872. The topological polar surface area (TPSA) is 99.0 Å². The van der Waals surface area contributed by atoms with Crippen LogP contribution < -0.4 is 16.8 Å². The van der Waals surface area contributed by atoms with E-state index in [1.54, 1.807) is 12.4 Å². The SMILES string of the molecule is CC(CN)Nc1cnn(CC(N)=O)c1. The molecule has 5 N–H and O–H groups in total. The molecule has 1 unspecified atom stereocenters. The van der Waals surface area contributed by atoms with Crippen molar-refractivity contribution in [2.24, 2.45) is 11.5 Å². The minimum atomic E-state index is -0.411. The Balaban J connectivity index is 2.54. The molecule has 1 aromatic heterocycles. The highest BCUT2D eigenvalue weighted by molar-refractivity contribution is 5.73. The first kappa shape index (κ1) is 10.5. The van der Waals surface area contributed by atoms with Gasteiger partial charge in [0.15, 0.2) is 0 Å². The number of nitrogens with two attached hydrogens (primary N) is 2. The number of primary amides is 1. The third kappa shape index (κ3) is 3.06. The molecule has 0 fully saturated rings. The highest BCUT2D eigenvalue weighted by atomic mass is 16.1. The van der Waals surface area contributed by atoms with E-state index in [0.717, 1.165) is 5.69 Å². The fraction of sp³-hybridized carbons (Fsp3) is 0.500. The summed E-state index contributed by atoms with van der Waals surface area (Å²) in [6, 6.07) is 0.182. The largest absolute Gasteiger partial charge is 0.379 e. The first-order chi connectivity index (χ1) is 6.61. The summed E-state index contributed by atoms with van der Waals surface area (Å²) in [5, 5.41) is 7.08. The van der Waals surface area contributed by atoms with Crippen LogP contribution in [0.15, 0.2) is 12.4 Å². The highest BCUT2D eigenvalue weighted by Crippen LogP contribution is 2.05. The molecule has 6 nitrogen and oxygen atoms in total. The van der Waals surface area contributed by atoms with Gasteiger partial charge >= 0.3 is 0 Å². The molecule has 0 aliphatic heterocycles. The fourth-order valence-corrected chi connectivity index (χ4v) is 1.03. The minimum absolute atomic E-state index is 0.0959. The summed E-state index contributed by atoms with van der Waals surface area (Å²) < 4.78 is 1.48. The second-order valence-corrected chi connectivity index (χ2v) is 3.17. The zero-order valence-electron chi connectivity index (χ0n) is 8.10. The van der Waals surface area contributed by atoms with Crippen molar-refractivity contribution < 1.29 is 4.79 Å². The lowest BCUT2D eigenvalue weighted by atomic mass is 10.3. The van der Waals surface area contributed by atoms with Crippen LogP contribution in [-0.4, -0.2) is 28.3 Å². The molecule has 0 aliphatic carbocycles. The Hall–Kier alpha value is -1.56. The van der Waals surface area contributed by atoms with Crippen LogP contribution in [-0.2, 0) is 11.3 Å². The molecule has 1 amide bonds. The van der Waals surface area contributed by atoms with E-state index < -0.39 is 5.91 Å². The Morgan fingerprint density at radius 1 is 1.79 bits per heavy atom. The molecular weight excluding hydrogens is 182 g/mol. The summed E-state index contributed by atoms with van der Waals surface area (Å²) in [5.41, 5.74) is 11.3. The van der Waals surface area contributed by atoms with E-state index in [4.69, 9.17) is 11.5 Å².